The van der Waals surface area contributed by atoms with Crippen molar-refractivity contribution in [2.24, 2.45) is 4.99 Å². The number of amidine groups is 1. The van der Waals surface area contributed by atoms with Gasteiger partial charge >= 0.3 is 0 Å². The second-order valence-electron chi connectivity index (χ2n) is 5.37. The van der Waals surface area contributed by atoms with Crippen LogP contribution in [0.5, 0.6) is 0 Å². The van der Waals surface area contributed by atoms with Gasteiger partial charge < -0.3 is 9.64 Å². The minimum atomic E-state index is -3.12. The highest BCUT2D eigenvalue weighted by atomic mass is 32.2. The number of carbonyl (C=O) groups is 1. The molecule has 0 aromatic heterocycles. The van der Waals surface area contributed by atoms with Gasteiger partial charge in [-0.2, -0.15) is 4.99 Å². The van der Waals surface area contributed by atoms with Crippen LogP contribution in [0.3, 0.4) is 0 Å². The Kier molecular flexibility index (Phi) is 4.43. The monoisotopic (exact) mass is 358 g/mol. The fraction of sp³-hybridized carbons (Fsp3) is 0.429. The molecule has 23 heavy (non-hydrogen) atoms. The van der Waals surface area contributed by atoms with Crippen LogP contribution in [0.1, 0.15) is 0 Å². The molecule has 0 N–H and O–H groups in total. The molecule has 2 atom stereocenters. The molecule has 0 radical (unpaired) electrons. The third kappa shape index (κ3) is 3.41. The van der Waals surface area contributed by atoms with Crippen LogP contribution in [0.2, 0.25) is 0 Å². The van der Waals surface area contributed by atoms with E-state index in [9.17, 15) is 17.6 Å². The topological polar surface area (TPSA) is 76.0 Å². The van der Waals surface area contributed by atoms with Crippen molar-refractivity contribution in [3.05, 3.63) is 30.1 Å². The number of hydrogen-bond donors (Lipinski definition) is 0. The van der Waals surface area contributed by atoms with Gasteiger partial charge in [0.15, 0.2) is 15.0 Å². The second-order valence-corrected chi connectivity index (χ2v) is 8.73. The molecule has 1 aromatic carbocycles. The molecule has 1 amide bonds. The van der Waals surface area contributed by atoms with Crippen LogP contribution in [-0.4, -0.2) is 56.0 Å². The zero-order valence-electron chi connectivity index (χ0n) is 12.3. The molecule has 0 unspecified atom stereocenters. The van der Waals surface area contributed by atoms with Crippen molar-refractivity contribution in [3.63, 3.8) is 0 Å². The van der Waals surface area contributed by atoms with Gasteiger partial charge in [0.2, 0.25) is 0 Å². The van der Waals surface area contributed by atoms with Gasteiger partial charge in [-0.15, -0.1) is 0 Å². The van der Waals surface area contributed by atoms with Gasteiger partial charge in [-0.1, -0.05) is 11.8 Å². The quantitative estimate of drug-likeness (QED) is 0.805. The first kappa shape index (κ1) is 16.4. The van der Waals surface area contributed by atoms with Crippen molar-refractivity contribution >= 4 is 38.4 Å². The lowest BCUT2D eigenvalue weighted by Crippen LogP contribution is -2.37. The highest BCUT2D eigenvalue weighted by molar-refractivity contribution is 8.16. The Morgan fingerprint density at radius 3 is 2.74 bits per heavy atom. The molecule has 0 saturated carbocycles. The van der Waals surface area contributed by atoms with Crippen LogP contribution in [0.25, 0.3) is 0 Å². The summed E-state index contributed by atoms with van der Waals surface area (Å²) in [7, 11) is -1.72. The number of anilines is 1. The Morgan fingerprint density at radius 1 is 1.39 bits per heavy atom. The number of sulfone groups is 1. The summed E-state index contributed by atoms with van der Waals surface area (Å²) in [6, 6.07) is 5.40. The maximum Gasteiger partial charge on any atom is 0.274 e. The molecular weight excluding hydrogens is 343 g/mol. The van der Waals surface area contributed by atoms with Crippen molar-refractivity contribution < 1.29 is 22.3 Å². The maximum atomic E-state index is 13.2. The van der Waals surface area contributed by atoms with Gasteiger partial charge in [0.05, 0.1) is 17.5 Å². The number of fused-ring (bicyclic) bond motifs is 1. The zero-order valence-corrected chi connectivity index (χ0v) is 13.9. The third-order valence-electron chi connectivity index (χ3n) is 3.66. The summed E-state index contributed by atoms with van der Waals surface area (Å²) in [6.07, 6.45) is 0. The minimum absolute atomic E-state index is 0.000465. The summed E-state index contributed by atoms with van der Waals surface area (Å²) in [5.41, 5.74) is 0.618. The van der Waals surface area contributed by atoms with Gasteiger partial charge in [0.25, 0.3) is 5.91 Å². The van der Waals surface area contributed by atoms with Crippen LogP contribution in [0.4, 0.5) is 10.1 Å². The molecule has 2 saturated heterocycles. The fourth-order valence-electron chi connectivity index (χ4n) is 2.73. The van der Waals surface area contributed by atoms with E-state index >= 15 is 0 Å². The third-order valence-corrected chi connectivity index (χ3v) is 6.87. The van der Waals surface area contributed by atoms with E-state index in [1.807, 2.05) is 0 Å². The lowest BCUT2D eigenvalue weighted by Gasteiger charge is -2.24. The number of nitrogens with zero attached hydrogens (tertiary/aromatic N) is 2. The van der Waals surface area contributed by atoms with Crippen molar-refractivity contribution in [1.29, 1.82) is 0 Å². The zero-order chi connectivity index (χ0) is 16.6. The first-order valence-corrected chi connectivity index (χ1v) is 9.62. The molecule has 2 aliphatic rings. The SMILES string of the molecule is COCC(=O)N=C1S[C@H]2CS(=O)(=O)C[C@H]2N1c1ccc(F)cc1. The number of methoxy groups -OCH3 is 1. The van der Waals surface area contributed by atoms with Crippen LogP contribution < -0.4 is 4.90 Å². The Labute approximate surface area is 137 Å². The molecule has 0 bridgehead atoms. The van der Waals surface area contributed by atoms with Gasteiger partial charge in [-0.3, -0.25) is 4.79 Å². The van der Waals surface area contributed by atoms with Crippen molar-refractivity contribution in [2.45, 2.75) is 11.3 Å². The highest BCUT2D eigenvalue weighted by Crippen LogP contribution is 2.40. The number of rotatable bonds is 3. The number of halogens is 1. The van der Waals surface area contributed by atoms with Crippen molar-refractivity contribution in [1.82, 2.24) is 0 Å². The van der Waals surface area contributed by atoms with Gasteiger partial charge in [-0.05, 0) is 24.3 Å². The van der Waals surface area contributed by atoms with E-state index in [0.717, 1.165) is 0 Å². The predicted octanol–water partition coefficient (Wildman–Crippen LogP) is 1.07. The number of ether oxygens (including phenoxy) is 1. The summed E-state index contributed by atoms with van der Waals surface area (Å²) in [4.78, 5) is 17.5. The maximum absolute atomic E-state index is 13.2. The smallest absolute Gasteiger partial charge is 0.274 e. The number of amides is 1. The lowest BCUT2D eigenvalue weighted by atomic mass is 10.2. The van der Waals surface area contributed by atoms with E-state index in [-0.39, 0.29) is 35.2 Å². The van der Waals surface area contributed by atoms with Crippen molar-refractivity contribution in [3.8, 4) is 0 Å². The second kappa shape index (κ2) is 6.21. The first-order chi connectivity index (χ1) is 10.9. The number of benzene rings is 1. The molecule has 0 aliphatic carbocycles. The molecule has 1 aromatic rings. The summed E-state index contributed by atoms with van der Waals surface area (Å²) in [5.74, 6) is -0.771. The van der Waals surface area contributed by atoms with E-state index in [2.05, 4.69) is 4.99 Å². The first-order valence-electron chi connectivity index (χ1n) is 6.92. The summed E-state index contributed by atoms with van der Waals surface area (Å²) in [6.45, 7) is -0.144. The average Bonchev–Trinajstić information content (AvgIpc) is 2.91. The van der Waals surface area contributed by atoms with Crippen LogP contribution in [0.15, 0.2) is 29.3 Å². The predicted molar refractivity (Wildman–Crippen MR) is 87.0 cm³/mol. The normalized spacial score (nSPS) is 27.4. The summed E-state index contributed by atoms with van der Waals surface area (Å²) < 4.78 is 41.7. The Bertz CT molecular complexity index is 749. The lowest BCUT2D eigenvalue weighted by molar-refractivity contribution is -0.121. The molecule has 3 rings (SSSR count). The molecule has 2 fully saturated rings. The molecule has 0 spiro atoms. The van der Waals surface area contributed by atoms with Crippen molar-refractivity contribution in [2.75, 3.05) is 30.1 Å². The number of aliphatic imine (C=N–C) groups is 1. The van der Waals surface area contributed by atoms with Gasteiger partial charge in [0.1, 0.15) is 12.4 Å². The number of hydrogen-bond acceptors (Lipinski definition) is 5. The molecule has 124 valence electrons. The molecule has 2 heterocycles. The Morgan fingerprint density at radius 2 is 2.09 bits per heavy atom. The molecular formula is C14H15FN2O4S2. The van der Waals surface area contributed by atoms with E-state index in [1.54, 1.807) is 17.0 Å². The van der Waals surface area contributed by atoms with E-state index in [4.69, 9.17) is 4.74 Å². The van der Waals surface area contributed by atoms with E-state index in [1.165, 1.54) is 31.0 Å². The van der Waals surface area contributed by atoms with Gasteiger partial charge in [-0.25, -0.2) is 12.8 Å². The van der Waals surface area contributed by atoms with E-state index < -0.39 is 15.7 Å². The largest absolute Gasteiger partial charge is 0.375 e. The minimum Gasteiger partial charge on any atom is -0.375 e. The van der Waals surface area contributed by atoms with Gasteiger partial charge in [0, 0.05) is 18.0 Å². The summed E-state index contributed by atoms with van der Waals surface area (Å²) >= 11 is 1.27. The molecule has 6 nitrogen and oxygen atoms in total. The Balaban J connectivity index is 1.97. The van der Waals surface area contributed by atoms with Crippen LogP contribution >= 0.6 is 11.8 Å². The van der Waals surface area contributed by atoms with E-state index in [0.29, 0.717) is 10.9 Å². The molecule has 2 aliphatic heterocycles. The molecule has 9 heteroatoms. The highest BCUT2D eigenvalue weighted by Gasteiger charge is 2.49. The standard InChI is InChI=1S/C14H15FN2O4S2/c1-21-6-13(18)16-14-17(10-4-2-9(15)3-5-10)11-7-23(19,20)8-12(11)22-14/h2-5,11-12H,6-8H2,1H3/t11-,12+/m1/s1. The average molecular weight is 358 g/mol. The summed E-state index contributed by atoms with van der Waals surface area (Å²) in [5, 5.41) is 0.253. The van der Waals surface area contributed by atoms with Crippen LogP contribution in [0, 0.1) is 5.82 Å². The van der Waals surface area contributed by atoms with Crippen LogP contribution in [-0.2, 0) is 19.4 Å². The number of thioether (sulfide) groups is 1. The number of carbonyl (C=O) groups excluding carboxylic acids is 1. The fourth-order valence-corrected chi connectivity index (χ4v) is 6.66. The Hall–Kier alpha value is -1.45.